The molecule has 0 saturated carbocycles. The van der Waals surface area contributed by atoms with Gasteiger partial charge in [0.15, 0.2) is 0 Å². The van der Waals surface area contributed by atoms with Gasteiger partial charge in [0.25, 0.3) is 0 Å². The van der Waals surface area contributed by atoms with E-state index in [1.807, 2.05) is 6.92 Å². The largest absolute Gasteiger partial charge is 0.481 e. The number of hydrogen-bond donors (Lipinski definition) is 1. The van der Waals surface area contributed by atoms with E-state index in [1.54, 1.807) is 0 Å². The number of likely N-dealkylation sites (tertiary alicyclic amines) is 1. The number of carboxylic acids is 1. The second-order valence-electron chi connectivity index (χ2n) is 5.32. The fourth-order valence-corrected chi connectivity index (χ4v) is 2.66. The van der Waals surface area contributed by atoms with Crippen LogP contribution in [0, 0.1) is 5.41 Å². The zero-order chi connectivity index (χ0) is 12.2. The zero-order valence-electron chi connectivity index (χ0n) is 10.8. The van der Waals surface area contributed by atoms with Gasteiger partial charge in [-0.05, 0) is 32.7 Å². The highest BCUT2D eigenvalue weighted by molar-refractivity contribution is 5.74. The Kier molecular flexibility index (Phi) is 4.78. The minimum absolute atomic E-state index is 0.514. The Morgan fingerprint density at radius 2 is 1.94 bits per heavy atom. The summed E-state index contributed by atoms with van der Waals surface area (Å²) in [5, 5.41) is 9.21. The molecule has 0 aromatic rings. The molecule has 1 N–H and O–H groups in total. The molecule has 1 aliphatic rings. The van der Waals surface area contributed by atoms with E-state index >= 15 is 0 Å². The first-order valence-corrected chi connectivity index (χ1v) is 6.51. The van der Waals surface area contributed by atoms with E-state index in [0.29, 0.717) is 6.04 Å². The van der Waals surface area contributed by atoms with Gasteiger partial charge in [-0.3, -0.25) is 9.69 Å². The third kappa shape index (κ3) is 2.97. The Bertz CT molecular complexity index is 236. The molecule has 1 saturated heterocycles. The number of carbonyl (C=O) groups is 1. The number of nitrogens with zero attached hydrogens (tertiary/aromatic N) is 1. The third-order valence-electron chi connectivity index (χ3n) is 3.78. The van der Waals surface area contributed by atoms with E-state index in [0.717, 1.165) is 19.5 Å². The summed E-state index contributed by atoms with van der Waals surface area (Å²) in [6.07, 6.45) is 5.56. The van der Waals surface area contributed by atoms with Gasteiger partial charge in [-0.25, -0.2) is 0 Å². The third-order valence-corrected chi connectivity index (χ3v) is 3.78. The Hall–Kier alpha value is -0.570. The maximum absolute atomic E-state index is 11.2. The molecule has 0 amide bonds. The molecule has 0 aliphatic carbocycles. The van der Waals surface area contributed by atoms with Crippen molar-refractivity contribution in [2.75, 3.05) is 13.1 Å². The molecule has 1 heterocycles. The lowest BCUT2D eigenvalue weighted by Crippen LogP contribution is -2.37. The lowest BCUT2D eigenvalue weighted by atomic mass is 9.90. The van der Waals surface area contributed by atoms with Crippen molar-refractivity contribution in [2.24, 2.45) is 5.41 Å². The zero-order valence-corrected chi connectivity index (χ0v) is 10.8. The summed E-state index contributed by atoms with van der Waals surface area (Å²) in [7, 11) is 0. The van der Waals surface area contributed by atoms with Crippen molar-refractivity contribution in [2.45, 2.75) is 58.9 Å². The molecule has 0 aromatic carbocycles. The number of aliphatic carboxylic acids is 1. The molecule has 1 aliphatic heterocycles. The van der Waals surface area contributed by atoms with E-state index in [-0.39, 0.29) is 0 Å². The normalized spacial score (nSPS) is 26.5. The summed E-state index contributed by atoms with van der Waals surface area (Å²) >= 11 is 0. The Morgan fingerprint density at radius 1 is 1.38 bits per heavy atom. The van der Waals surface area contributed by atoms with Crippen molar-refractivity contribution in [3.63, 3.8) is 0 Å². The first-order chi connectivity index (χ1) is 7.53. The van der Waals surface area contributed by atoms with Gasteiger partial charge in [0, 0.05) is 12.6 Å². The molecule has 1 rings (SSSR count). The Morgan fingerprint density at radius 3 is 2.31 bits per heavy atom. The van der Waals surface area contributed by atoms with Gasteiger partial charge in [0.1, 0.15) is 0 Å². The summed E-state index contributed by atoms with van der Waals surface area (Å²) in [6.45, 7) is 7.97. The summed E-state index contributed by atoms with van der Waals surface area (Å²) in [4.78, 5) is 13.6. The van der Waals surface area contributed by atoms with Gasteiger partial charge in [-0.1, -0.05) is 26.7 Å². The van der Waals surface area contributed by atoms with Crippen LogP contribution in [-0.2, 0) is 4.79 Å². The molecule has 3 heteroatoms. The quantitative estimate of drug-likeness (QED) is 0.758. The summed E-state index contributed by atoms with van der Waals surface area (Å²) in [6, 6.07) is 0.594. The van der Waals surface area contributed by atoms with Crippen molar-refractivity contribution in [1.82, 2.24) is 4.90 Å². The smallest absolute Gasteiger partial charge is 0.310 e. The van der Waals surface area contributed by atoms with Gasteiger partial charge in [-0.2, -0.15) is 0 Å². The molecule has 0 radical (unpaired) electrons. The highest BCUT2D eigenvalue weighted by Crippen LogP contribution is 2.33. The average Bonchev–Trinajstić information content (AvgIpc) is 2.62. The van der Waals surface area contributed by atoms with Gasteiger partial charge in [0.2, 0.25) is 0 Å². The van der Waals surface area contributed by atoms with Crippen LogP contribution < -0.4 is 0 Å². The van der Waals surface area contributed by atoms with E-state index in [4.69, 9.17) is 0 Å². The first kappa shape index (κ1) is 13.5. The van der Waals surface area contributed by atoms with Crippen LogP contribution >= 0.6 is 0 Å². The summed E-state index contributed by atoms with van der Waals surface area (Å²) in [5.41, 5.74) is -0.514. The maximum Gasteiger partial charge on any atom is 0.310 e. The molecule has 1 fully saturated rings. The molecule has 3 nitrogen and oxygen atoms in total. The topological polar surface area (TPSA) is 40.5 Å². The van der Waals surface area contributed by atoms with E-state index in [2.05, 4.69) is 18.7 Å². The molecule has 94 valence electrons. The highest BCUT2D eigenvalue weighted by Gasteiger charge is 2.41. The average molecular weight is 227 g/mol. The molecular weight excluding hydrogens is 202 g/mol. The van der Waals surface area contributed by atoms with Gasteiger partial charge in [-0.15, -0.1) is 0 Å². The molecule has 1 unspecified atom stereocenters. The van der Waals surface area contributed by atoms with Crippen molar-refractivity contribution < 1.29 is 9.90 Å². The molecule has 0 aromatic heterocycles. The van der Waals surface area contributed by atoms with Crippen LogP contribution in [0.15, 0.2) is 0 Å². The predicted molar refractivity (Wildman–Crippen MR) is 65.5 cm³/mol. The van der Waals surface area contributed by atoms with Crippen molar-refractivity contribution in [3.8, 4) is 0 Å². The van der Waals surface area contributed by atoms with Crippen molar-refractivity contribution in [3.05, 3.63) is 0 Å². The van der Waals surface area contributed by atoms with Gasteiger partial charge >= 0.3 is 5.97 Å². The van der Waals surface area contributed by atoms with E-state index in [9.17, 15) is 9.90 Å². The Labute approximate surface area is 98.8 Å². The lowest BCUT2D eigenvalue weighted by Gasteiger charge is -2.28. The summed E-state index contributed by atoms with van der Waals surface area (Å²) < 4.78 is 0. The lowest BCUT2D eigenvalue weighted by molar-refractivity contribution is -0.147. The molecule has 16 heavy (non-hydrogen) atoms. The van der Waals surface area contributed by atoms with Crippen molar-refractivity contribution >= 4 is 5.97 Å². The highest BCUT2D eigenvalue weighted by atomic mass is 16.4. The SMILES string of the molecule is CCCC(CCC)N1CCC(C)(C(=O)O)C1. The van der Waals surface area contributed by atoms with Crippen LogP contribution in [0.25, 0.3) is 0 Å². The molecule has 1 atom stereocenters. The van der Waals surface area contributed by atoms with Crippen LogP contribution in [0.2, 0.25) is 0 Å². The predicted octanol–water partition coefficient (Wildman–Crippen LogP) is 2.75. The van der Waals surface area contributed by atoms with Crippen LogP contribution in [0.4, 0.5) is 0 Å². The number of carboxylic acid groups (broad SMARTS) is 1. The fourth-order valence-electron chi connectivity index (χ4n) is 2.66. The minimum Gasteiger partial charge on any atom is -0.481 e. The fraction of sp³-hybridized carbons (Fsp3) is 0.923. The van der Waals surface area contributed by atoms with E-state index < -0.39 is 11.4 Å². The summed E-state index contributed by atoms with van der Waals surface area (Å²) in [5.74, 6) is -0.637. The second-order valence-corrected chi connectivity index (χ2v) is 5.32. The molecule has 0 spiro atoms. The van der Waals surface area contributed by atoms with Crippen LogP contribution in [-0.4, -0.2) is 35.1 Å². The molecular formula is C13H25NO2. The minimum atomic E-state index is -0.637. The Balaban J connectivity index is 2.58. The van der Waals surface area contributed by atoms with Gasteiger partial charge in [0.05, 0.1) is 5.41 Å². The van der Waals surface area contributed by atoms with Crippen LogP contribution in [0.3, 0.4) is 0 Å². The first-order valence-electron chi connectivity index (χ1n) is 6.51. The second kappa shape index (κ2) is 5.67. The number of hydrogen-bond acceptors (Lipinski definition) is 2. The van der Waals surface area contributed by atoms with Crippen LogP contribution in [0.5, 0.6) is 0 Å². The maximum atomic E-state index is 11.2. The monoisotopic (exact) mass is 227 g/mol. The van der Waals surface area contributed by atoms with Crippen LogP contribution in [0.1, 0.15) is 52.9 Å². The number of rotatable bonds is 6. The van der Waals surface area contributed by atoms with Crippen molar-refractivity contribution in [1.29, 1.82) is 0 Å². The van der Waals surface area contributed by atoms with E-state index in [1.165, 1.54) is 25.7 Å². The molecule has 0 bridgehead atoms. The van der Waals surface area contributed by atoms with Gasteiger partial charge < -0.3 is 5.11 Å². The standard InChI is InChI=1S/C13H25NO2/c1-4-6-11(7-5-2)14-9-8-13(3,10-14)12(15)16/h11H,4-10H2,1-3H3,(H,15,16).